The molecular weight excluding hydrogens is 325 g/mol. The first-order valence-corrected chi connectivity index (χ1v) is 8.22. The van der Waals surface area contributed by atoms with Crippen LogP contribution in [-0.4, -0.2) is 44.9 Å². The van der Waals surface area contributed by atoms with E-state index in [0.29, 0.717) is 12.2 Å². The molecule has 0 aliphatic carbocycles. The molecule has 1 N–H and O–H groups in total. The predicted molar refractivity (Wildman–Crippen MR) is 89.7 cm³/mol. The Morgan fingerprint density at radius 2 is 2.04 bits per heavy atom. The topological polar surface area (TPSA) is 67.6 Å². The molecule has 2 heterocycles. The second kappa shape index (κ2) is 6.84. The van der Waals surface area contributed by atoms with Gasteiger partial charge in [0.1, 0.15) is 11.5 Å². The van der Waals surface area contributed by atoms with Crippen molar-refractivity contribution in [1.82, 2.24) is 14.7 Å². The lowest BCUT2D eigenvalue weighted by atomic mass is 10.0. The fraction of sp³-hybridized carbons (Fsp3) is 0.444. The highest BCUT2D eigenvalue weighted by Crippen LogP contribution is 2.32. The molecule has 1 aliphatic rings. The van der Waals surface area contributed by atoms with E-state index in [4.69, 9.17) is 4.74 Å². The molecule has 3 rings (SSSR count). The number of likely N-dealkylation sites (tertiary alicyclic amines) is 1. The van der Waals surface area contributed by atoms with Gasteiger partial charge in [0.05, 0.1) is 17.8 Å². The first kappa shape index (κ1) is 17.4. The summed E-state index contributed by atoms with van der Waals surface area (Å²) in [6.45, 7) is 3.82. The third-order valence-electron chi connectivity index (χ3n) is 4.64. The second-order valence-corrected chi connectivity index (χ2v) is 6.42. The van der Waals surface area contributed by atoms with Gasteiger partial charge in [-0.15, -0.1) is 0 Å². The van der Waals surface area contributed by atoms with Gasteiger partial charge in [-0.3, -0.25) is 9.48 Å². The maximum atomic E-state index is 13.1. The number of aliphatic hydroxyl groups is 1. The Morgan fingerprint density at radius 1 is 1.36 bits per heavy atom. The molecule has 1 amide bonds. The first-order valence-electron chi connectivity index (χ1n) is 8.22. The number of aromatic nitrogens is 2. The fourth-order valence-corrected chi connectivity index (χ4v) is 3.27. The number of ether oxygens (including phenoxy) is 1. The van der Waals surface area contributed by atoms with E-state index in [-0.39, 0.29) is 30.9 Å². The third-order valence-corrected chi connectivity index (χ3v) is 4.64. The van der Waals surface area contributed by atoms with Crippen molar-refractivity contribution < 1.29 is 19.0 Å². The average Bonchev–Trinajstić information content (AvgIpc) is 3.07. The van der Waals surface area contributed by atoms with Crippen molar-refractivity contribution in [3.8, 4) is 5.75 Å². The summed E-state index contributed by atoms with van der Waals surface area (Å²) in [6.07, 6.45) is -0.164. The number of carbonyl (C=O) groups excluding carboxylic acids is 1. The monoisotopic (exact) mass is 347 g/mol. The van der Waals surface area contributed by atoms with Crippen LogP contribution in [0.25, 0.3) is 0 Å². The molecule has 6 nitrogen and oxygen atoms in total. The van der Waals surface area contributed by atoms with E-state index in [0.717, 1.165) is 17.0 Å². The number of rotatable bonds is 4. The van der Waals surface area contributed by atoms with E-state index in [2.05, 4.69) is 5.10 Å². The van der Waals surface area contributed by atoms with Crippen molar-refractivity contribution >= 4 is 5.91 Å². The van der Waals surface area contributed by atoms with Gasteiger partial charge in [-0.25, -0.2) is 4.39 Å². The highest BCUT2D eigenvalue weighted by Gasteiger charge is 2.35. The molecule has 0 bridgehead atoms. The van der Waals surface area contributed by atoms with Crippen molar-refractivity contribution in [2.45, 2.75) is 32.4 Å². The number of aliphatic hydroxyl groups excluding tert-OH is 1. The van der Waals surface area contributed by atoms with E-state index in [1.807, 2.05) is 20.9 Å². The Hall–Kier alpha value is -2.41. The molecule has 0 saturated carbocycles. The van der Waals surface area contributed by atoms with Crippen molar-refractivity contribution in [2.75, 3.05) is 13.2 Å². The number of amides is 1. The molecule has 2 atom stereocenters. The maximum Gasteiger partial charge on any atom is 0.261 e. The van der Waals surface area contributed by atoms with Crippen LogP contribution in [0.3, 0.4) is 0 Å². The average molecular weight is 347 g/mol. The minimum Gasteiger partial charge on any atom is -0.480 e. The van der Waals surface area contributed by atoms with Gasteiger partial charge >= 0.3 is 0 Å². The van der Waals surface area contributed by atoms with Crippen LogP contribution in [0.4, 0.5) is 4.39 Å². The molecule has 0 unspecified atom stereocenters. The molecule has 1 aromatic heterocycles. The normalized spacial score (nSPS) is 20.1. The van der Waals surface area contributed by atoms with E-state index < -0.39 is 6.10 Å². The lowest BCUT2D eigenvalue weighted by molar-refractivity contribution is -0.134. The standard InChI is InChI=1S/C18H22FN3O3/c1-11-18(12(2)21(3)20-11)25-10-17(24)22-9-15(23)8-16(22)13-4-6-14(19)7-5-13/h4-7,15-16,23H,8-10H2,1-3H3/t15-,16+/m0/s1. The lowest BCUT2D eigenvalue weighted by Gasteiger charge is -2.24. The number of aryl methyl sites for hydroxylation is 2. The Morgan fingerprint density at radius 3 is 2.64 bits per heavy atom. The predicted octanol–water partition coefficient (Wildman–Crippen LogP) is 1.89. The molecule has 0 spiro atoms. The molecule has 25 heavy (non-hydrogen) atoms. The largest absolute Gasteiger partial charge is 0.480 e. The van der Waals surface area contributed by atoms with E-state index >= 15 is 0 Å². The molecule has 1 aromatic carbocycles. The third kappa shape index (κ3) is 3.51. The molecule has 134 valence electrons. The highest BCUT2D eigenvalue weighted by molar-refractivity contribution is 5.78. The van der Waals surface area contributed by atoms with Crippen LogP contribution in [0.2, 0.25) is 0 Å². The van der Waals surface area contributed by atoms with Crippen molar-refractivity contribution in [3.05, 3.63) is 47.0 Å². The van der Waals surface area contributed by atoms with Gasteiger partial charge in [0.15, 0.2) is 12.4 Å². The minimum atomic E-state index is -0.596. The molecule has 2 aromatic rings. The number of halogens is 1. The number of benzene rings is 1. The van der Waals surface area contributed by atoms with Crippen molar-refractivity contribution in [3.63, 3.8) is 0 Å². The Kier molecular flexibility index (Phi) is 4.76. The van der Waals surface area contributed by atoms with Gasteiger partial charge in [-0.1, -0.05) is 12.1 Å². The Balaban J connectivity index is 1.72. The zero-order valence-corrected chi connectivity index (χ0v) is 14.6. The van der Waals surface area contributed by atoms with Crippen LogP contribution in [0.1, 0.15) is 29.4 Å². The zero-order chi connectivity index (χ0) is 18.1. The summed E-state index contributed by atoms with van der Waals surface area (Å²) in [4.78, 5) is 14.2. The molecule has 0 radical (unpaired) electrons. The van der Waals surface area contributed by atoms with Gasteiger partial charge in [0.2, 0.25) is 0 Å². The number of nitrogens with zero attached hydrogens (tertiary/aromatic N) is 3. The molecule has 1 saturated heterocycles. The quantitative estimate of drug-likeness (QED) is 0.917. The number of hydrogen-bond donors (Lipinski definition) is 1. The van der Waals surface area contributed by atoms with Crippen molar-refractivity contribution in [1.29, 1.82) is 0 Å². The molecule has 1 fully saturated rings. The summed E-state index contributed by atoms with van der Waals surface area (Å²) in [5.74, 6) is 0.0634. The van der Waals surface area contributed by atoms with Gasteiger partial charge in [-0.2, -0.15) is 5.10 Å². The van der Waals surface area contributed by atoms with Gasteiger partial charge in [0, 0.05) is 13.6 Å². The van der Waals surface area contributed by atoms with Crippen LogP contribution in [0.5, 0.6) is 5.75 Å². The van der Waals surface area contributed by atoms with Gasteiger partial charge < -0.3 is 14.7 Å². The summed E-state index contributed by atoms with van der Waals surface area (Å²) >= 11 is 0. The first-order chi connectivity index (χ1) is 11.9. The summed E-state index contributed by atoms with van der Waals surface area (Å²) in [7, 11) is 1.82. The minimum absolute atomic E-state index is 0.127. The van der Waals surface area contributed by atoms with Crippen LogP contribution in [-0.2, 0) is 11.8 Å². The SMILES string of the molecule is Cc1nn(C)c(C)c1OCC(=O)N1C[C@@H](O)C[C@@H]1c1ccc(F)cc1. The Labute approximate surface area is 145 Å². The van der Waals surface area contributed by atoms with Crippen molar-refractivity contribution in [2.24, 2.45) is 7.05 Å². The molecule has 1 aliphatic heterocycles. The summed E-state index contributed by atoms with van der Waals surface area (Å²) in [5.41, 5.74) is 2.38. The fourth-order valence-electron chi connectivity index (χ4n) is 3.27. The van der Waals surface area contributed by atoms with E-state index in [1.54, 1.807) is 21.7 Å². The second-order valence-electron chi connectivity index (χ2n) is 6.42. The summed E-state index contributed by atoms with van der Waals surface area (Å²) in [6, 6.07) is 5.74. The van der Waals surface area contributed by atoms with E-state index in [1.165, 1.54) is 12.1 Å². The van der Waals surface area contributed by atoms with E-state index in [9.17, 15) is 14.3 Å². The Bertz CT molecular complexity index is 773. The summed E-state index contributed by atoms with van der Waals surface area (Å²) in [5, 5.41) is 14.2. The van der Waals surface area contributed by atoms with Gasteiger partial charge in [0.25, 0.3) is 5.91 Å². The zero-order valence-electron chi connectivity index (χ0n) is 14.6. The van der Waals surface area contributed by atoms with Crippen LogP contribution in [0, 0.1) is 19.7 Å². The van der Waals surface area contributed by atoms with Crippen LogP contribution < -0.4 is 4.74 Å². The highest BCUT2D eigenvalue weighted by atomic mass is 19.1. The smallest absolute Gasteiger partial charge is 0.261 e. The number of hydrogen-bond acceptors (Lipinski definition) is 4. The lowest BCUT2D eigenvalue weighted by Crippen LogP contribution is -2.35. The maximum absolute atomic E-state index is 13.1. The number of β-amino-alcohol motifs (C(OH)–C–C–N with tert-alkyl or cyclic N) is 1. The molecular formula is C18H22FN3O3. The number of carbonyl (C=O) groups is 1. The van der Waals surface area contributed by atoms with Gasteiger partial charge in [-0.05, 0) is 38.0 Å². The summed E-state index contributed by atoms with van der Waals surface area (Å²) < 4.78 is 20.5. The van der Waals surface area contributed by atoms with Crippen LogP contribution in [0.15, 0.2) is 24.3 Å². The van der Waals surface area contributed by atoms with Crippen LogP contribution >= 0.6 is 0 Å². The molecule has 7 heteroatoms.